The number of ether oxygens (including phenoxy) is 1. The Hall–Kier alpha value is -1.45. The highest BCUT2D eigenvalue weighted by Gasteiger charge is 2.43. The first-order valence-corrected chi connectivity index (χ1v) is 8.35. The van der Waals surface area contributed by atoms with Crippen LogP contribution in [-0.4, -0.2) is 28.5 Å². The van der Waals surface area contributed by atoms with Crippen LogP contribution in [0.15, 0.2) is 20.6 Å². The minimum absolute atomic E-state index is 0.119. The molecule has 1 fully saturated rings. The molecule has 2 aliphatic rings. The molecule has 128 valence electrons. The molecule has 2 aromatic rings. The highest BCUT2D eigenvalue weighted by atomic mass is 35.5. The van der Waals surface area contributed by atoms with Crippen molar-refractivity contribution in [3.63, 3.8) is 0 Å². The molecular formula is C14H10ClF3N2O3S. The zero-order chi connectivity index (χ0) is 17.3. The number of alkyl halides is 3. The van der Waals surface area contributed by atoms with E-state index in [0.717, 1.165) is 11.8 Å². The Morgan fingerprint density at radius 1 is 1.33 bits per heavy atom. The fourth-order valence-corrected chi connectivity index (χ4v) is 4.78. The van der Waals surface area contributed by atoms with Gasteiger partial charge in [-0.2, -0.15) is 13.2 Å². The van der Waals surface area contributed by atoms with Gasteiger partial charge in [0.05, 0.1) is 39.6 Å². The Bertz CT molecular complexity index is 978. The van der Waals surface area contributed by atoms with Gasteiger partial charge in [-0.05, 0) is 6.07 Å². The largest absolute Gasteiger partial charge is 0.417 e. The number of nitrogens with zero attached hydrogens (tertiary/aromatic N) is 1. The van der Waals surface area contributed by atoms with Crippen molar-refractivity contribution in [3.05, 3.63) is 37.5 Å². The van der Waals surface area contributed by atoms with Gasteiger partial charge in [-0.1, -0.05) is 11.6 Å². The highest BCUT2D eigenvalue weighted by Crippen LogP contribution is 2.47. The van der Waals surface area contributed by atoms with Crippen molar-refractivity contribution in [1.29, 1.82) is 0 Å². The van der Waals surface area contributed by atoms with Crippen LogP contribution < -0.4 is 11.2 Å². The van der Waals surface area contributed by atoms with E-state index in [1.807, 2.05) is 0 Å². The average Bonchev–Trinajstić information content (AvgIpc) is 2.63. The predicted molar refractivity (Wildman–Crippen MR) is 82.8 cm³/mol. The second-order valence-corrected chi connectivity index (χ2v) is 7.45. The Balaban J connectivity index is 2.11. The van der Waals surface area contributed by atoms with Crippen LogP contribution in [0.1, 0.15) is 5.56 Å². The van der Waals surface area contributed by atoms with Gasteiger partial charge in [-0.15, -0.1) is 11.8 Å². The molecule has 0 unspecified atom stereocenters. The molecule has 0 atom stereocenters. The number of benzene rings is 1. The van der Waals surface area contributed by atoms with Gasteiger partial charge in [-0.25, -0.2) is 4.79 Å². The van der Waals surface area contributed by atoms with Gasteiger partial charge in [-0.3, -0.25) is 14.3 Å². The molecular weight excluding hydrogens is 369 g/mol. The Kier molecular flexibility index (Phi) is 3.36. The summed E-state index contributed by atoms with van der Waals surface area (Å²) in [6.45, 7) is 1.08. The van der Waals surface area contributed by atoms with Crippen molar-refractivity contribution in [3.8, 4) is 0 Å². The smallest absolute Gasteiger partial charge is 0.380 e. The number of H-pyrrole nitrogens is 1. The van der Waals surface area contributed by atoms with E-state index in [-0.39, 0.29) is 27.8 Å². The summed E-state index contributed by atoms with van der Waals surface area (Å²) in [7, 11) is 0. The van der Waals surface area contributed by atoms with Gasteiger partial charge in [0.15, 0.2) is 0 Å². The molecule has 1 aromatic carbocycles. The van der Waals surface area contributed by atoms with Crippen LogP contribution in [0.4, 0.5) is 13.2 Å². The molecule has 4 rings (SSSR count). The standard InChI is InChI=1S/C14H10ClF3N2O3S/c15-8-7(14(16,17)18)1-6-9-10(8)24-5-13(3-23-4-13)2-20(9)12(22)19-11(6)21/h1H,2-5H2,(H,19,21,22). The lowest BCUT2D eigenvalue weighted by molar-refractivity contribution is -0.137. The number of nitrogens with one attached hydrogen (secondary N) is 1. The Morgan fingerprint density at radius 2 is 2.04 bits per heavy atom. The van der Waals surface area contributed by atoms with E-state index in [2.05, 4.69) is 4.98 Å². The van der Waals surface area contributed by atoms with E-state index >= 15 is 0 Å². The molecule has 1 saturated heterocycles. The minimum atomic E-state index is -4.70. The number of hydrogen-bond donors (Lipinski definition) is 1. The lowest BCUT2D eigenvalue weighted by Gasteiger charge is -2.40. The van der Waals surface area contributed by atoms with Crippen LogP contribution in [0.3, 0.4) is 0 Å². The summed E-state index contributed by atoms with van der Waals surface area (Å²) < 4.78 is 46.3. The molecule has 2 aliphatic heterocycles. The van der Waals surface area contributed by atoms with Crippen molar-refractivity contribution < 1.29 is 17.9 Å². The lowest BCUT2D eigenvalue weighted by atomic mass is 9.88. The summed E-state index contributed by atoms with van der Waals surface area (Å²) in [4.78, 5) is 26.5. The molecule has 0 saturated carbocycles. The summed E-state index contributed by atoms with van der Waals surface area (Å²) >= 11 is 7.14. The SMILES string of the molecule is O=c1[nH]c(=O)n2c3c(c(Cl)c(C(F)(F)F)cc13)SCC1(COC1)C2. The molecule has 5 nitrogen and oxygen atoms in total. The molecule has 1 spiro atoms. The van der Waals surface area contributed by atoms with Gasteiger partial charge < -0.3 is 4.74 Å². The lowest BCUT2D eigenvalue weighted by Crippen LogP contribution is -2.49. The number of aromatic amines is 1. The number of halogens is 4. The summed E-state index contributed by atoms with van der Waals surface area (Å²) in [5.41, 5.74) is -2.76. The third-order valence-corrected chi connectivity index (χ3v) is 6.26. The average molecular weight is 379 g/mol. The van der Waals surface area contributed by atoms with Gasteiger partial charge >= 0.3 is 11.9 Å². The third-order valence-electron chi connectivity index (χ3n) is 4.31. The van der Waals surface area contributed by atoms with Gasteiger partial charge in [0, 0.05) is 17.7 Å². The van der Waals surface area contributed by atoms with Crippen molar-refractivity contribution in [2.45, 2.75) is 17.6 Å². The number of thioether (sulfide) groups is 1. The third kappa shape index (κ3) is 2.21. The maximum Gasteiger partial charge on any atom is 0.417 e. The quantitative estimate of drug-likeness (QED) is 0.765. The molecule has 1 N–H and O–H groups in total. The van der Waals surface area contributed by atoms with Crippen molar-refractivity contribution in [2.24, 2.45) is 5.41 Å². The normalized spacial score (nSPS) is 19.3. The number of hydrogen-bond acceptors (Lipinski definition) is 4. The fraction of sp³-hybridized carbons (Fsp3) is 0.429. The molecule has 0 amide bonds. The Labute approximate surface area is 141 Å². The summed E-state index contributed by atoms with van der Waals surface area (Å²) in [5.74, 6) is 0.457. The first-order valence-electron chi connectivity index (χ1n) is 6.99. The number of rotatable bonds is 0. The van der Waals surface area contributed by atoms with E-state index in [1.54, 1.807) is 0 Å². The maximum absolute atomic E-state index is 13.3. The molecule has 1 aromatic heterocycles. The molecule has 3 heterocycles. The second-order valence-electron chi connectivity index (χ2n) is 6.09. The van der Waals surface area contributed by atoms with Crippen molar-refractivity contribution >= 4 is 34.3 Å². The van der Waals surface area contributed by atoms with Crippen molar-refractivity contribution in [1.82, 2.24) is 9.55 Å². The fourth-order valence-electron chi connectivity index (χ4n) is 3.06. The van der Waals surface area contributed by atoms with Gasteiger partial charge in [0.25, 0.3) is 5.56 Å². The van der Waals surface area contributed by atoms with E-state index < -0.39 is 28.0 Å². The zero-order valence-corrected chi connectivity index (χ0v) is 13.6. The van der Waals surface area contributed by atoms with E-state index in [9.17, 15) is 22.8 Å². The van der Waals surface area contributed by atoms with E-state index in [0.29, 0.717) is 25.0 Å². The molecule has 0 bridgehead atoms. The topological polar surface area (TPSA) is 64.1 Å². The minimum Gasteiger partial charge on any atom is -0.380 e. The van der Waals surface area contributed by atoms with Crippen LogP contribution in [0.5, 0.6) is 0 Å². The molecule has 10 heteroatoms. The van der Waals surface area contributed by atoms with E-state index in [4.69, 9.17) is 16.3 Å². The molecule has 0 aliphatic carbocycles. The number of aromatic nitrogens is 2. The Morgan fingerprint density at radius 3 is 2.62 bits per heavy atom. The van der Waals surface area contributed by atoms with Gasteiger partial charge in [0.1, 0.15) is 0 Å². The molecule has 0 radical (unpaired) electrons. The maximum atomic E-state index is 13.3. The second kappa shape index (κ2) is 5.03. The first kappa shape index (κ1) is 16.0. The van der Waals surface area contributed by atoms with Gasteiger partial charge in [0.2, 0.25) is 0 Å². The van der Waals surface area contributed by atoms with Crippen LogP contribution in [-0.2, 0) is 17.5 Å². The van der Waals surface area contributed by atoms with Crippen LogP contribution >= 0.6 is 23.4 Å². The van der Waals surface area contributed by atoms with E-state index in [1.165, 1.54) is 4.57 Å². The molecule has 24 heavy (non-hydrogen) atoms. The monoisotopic (exact) mass is 378 g/mol. The van der Waals surface area contributed by atoms with Crippen LogP contribution in [0.2, 0.25) is 5.02 Å². The summed E-state index contributed by atoms with van der Waals surface area (Å²) in [5, 5.41) is -0.665. The predicted octanol–water partition coefficient (Wildman–Crippen LogP) is 2.48. The highest BCUT2D eigenvalue weighted by molar-refractivity contribution is 7.99. The van der Waals surface area contributed by atoms with Crippen molar-refractivity contribution in [2.75, 3.05) is 19.0 Å². The first-order chi connectivity index (χ1) is 11.2. The van der Waals surface area contributed by atoms with Crippen LogP contribution in [0, 0.1) is 5.41 Å². The zero-order valence-electron chi connectivity index (χ0n) is 12.0. The summed E-state index contributed by atoms with van der Waals surface area (Å²) in [6.07, 6.45) is -4.70. The summed E-state index contributed by atoms with van der Waals surface area (Å²) in [6, 6.07) is 0.714. The van der Waals surface area contributed by atoms with Crippen LogP contribution in [0.25, 0.3) is 10.9 Å².